The zero-order valence-electron chi connectivity index (χ0n) is 12.2. The maximum Gasteiger partial charge on any atom is 0.227 e. The molecule has 0 bridgehead atoms. The van der Waals surface area contributed by atoms with E-state index in [0.717, 1.165) is 22.3 Å². The number of fused-ring (bicyclic) bond motifs is 1. The van der Waals surface area contributed by atoms with Crippen LogP contribution in [0.3, 0.4) is 0 Å². The van der Waals surface area contributed by atoms with Gasteiger partial charge < -0.3 is 10.1 Å². The zero-order valence-corrected chi connectivity index (χ0v) is 12.2. The Morgan fingerprint density at radius 1 is 1.10 bits per heavy atom. The van der Waals surface area contributed by atoms with Crippen LogP contribution in [0.1, 0.15) is 11.4 Å². The summed E-state index contributed by atoms with van der Waals surface area (Å²) in [6.45, 7) is 3.76. The van der Waals surface area contributed by atoms with Crippen LogP contribution in [-0.2, 0) is 0 Å². The summed E-state index contributed by atoms with van der Waals surface area (Å²) >= 11 is 0. The van der Waals surface area contributed by atoms with Crippen LogP contribution in [0.25, 0.3) is 10.9 Å². The predicted molar refractivity (Wildman–Crippen MR) is 82.9 cm³/mol. The van der Waals surface area contributed by atoms with Crippen LogP contribution in [0.4, 0.5) is 5.82 Å². The molecule has 5 nitrogen and oxygen atoms in total. The van der Waals surface area contributed by atoms with E-state index in [1.807, 2.05) is 51.2 Å². The predicted octanol–water partition coefficient (Wildman–Crippen LogP) is 3.48. The van der Waals surface area contributed by atoms with Crippen LogP contribution in [-0.4, -0.2) is 22.0 Å². The quantitative estimate of drug-likeness (QED) is 0.796. The number of pyridine rings is 1. The standard InChI is InChI=1S/C16H16N4O/c1-10-15(17-3)19-11(2)20-16(10)21-13-8-12-6-4-5-7-14(12)18-9-13/h4-9H,1-3H3,(H,17,19,20). The van der Waals surface area contributed by atoms with Crippen molar-refractivity contribution < 1.29 is 4.74 Å². The lowest BCUT2D eigenvalue weighted by atomic mass is 10.2. The minimum absolute atomic E-state index is 0.545. The molecule has 1 N–H and O–H groups in total. The number of anilines is 1. The van der Waals surface area contributed by atoms with Crippen LogP contribution in [0.5, 0.6) is 11.6 Å². The van der Waals surface area contributed by atoms with Gasteiger partial charge in [-0.1, -0.05) is 18.2 Å². The molecule has 0 saturated heterocycles. The highest BCUT2D eigenvalue weighted by atomic mass is 16.5. The number of para-hydroxylation sites is 1. The van der Waals surface area contributed by atoms with Gasteiger partial charge in [0.2, 0.25) is 5.88 Å². The van der Waals surface area contributed by atoms with E-state index < -0.39 is 0 Å². The Morgan fingerprint density at radius 3 is 2.71 bits per heavy atom. The second-order valence-electron chi connectivity index (χ2n) is 4.77. The van der Waals surface area contributed by atoms with E-state index in [4.69, 9.17) is 4.74 Å². The van der Waals surface area contributed by atoms with Crippen LogP contribution in [0.2, 0.25) is 0 Å². The first-order chi connectivity index (χ1) is 10.2. The summed E-state index contributed by atoms with van der Waals surface area (Å²) < 4.78 is 5.89. The maximum absolute atomic E-state index is 5.89. The second-order valence-corrected chi connectivity index (χ2v) is 4.77. The van der Waals surface area contributed by atoms with Gasteiger partial charge in [-0.2, -0.15) is 4.98 Å². The summed E-state index contributed by atoms with van der Waals surface area (Å²) in [6.07, 6.45) is 1.71. The van der Waals surface area contributed by atoms with Gasteiger partial charge in [0, 0.05) is 12.4 Å². The first-order valence-corrected chi connectivity index (χ1v) is 6.73. The molecule has 0 unspecified atom stereocenters. The van der Waals surface area contributed by atoms with Crippen LogP contribution >= 0.6 is 0 Å². The van der Waals surface area contributed by atoms with Gasteiger partial charge in [-0.25, -0.2) is 4.98 Å². The normalized spacial score (nSPS) is 10.6. The van der Waals surface area contributed by atoms with E-state index in [-0.39, 0.29) is 0 Å². The van der Waals surface area contributed by atoms with E-state index >= 15 is 0 Å². The monoisotopic (exact) mass is 280 g/mol. The van der Waals surface area contributed by atoms with Gasteiger partial charge in [0.25, 0.3) is 0 Å². The highest BCUT2D eigenvalue weighted by Gasteiger charge is 2.10. The highest BCUT2D eigenvalue weighted by Crippen LogP contribution is 2.28. The fourth-order valence-corrected chi connectivity index (χ4v) is 2.16. The molecule has 2 aromatic heterocycles. The van der Waals surface area contributed by atoms with Crippen molar-refractivity contribution in [2.24, 2.45) is 0 Å². The summed E-state index contributed by atoms with van der Waals surface area (Å²) in [6, 6.07) is 9.88. The molecule has 0 amide bonds. The number of nitrogens with one attached hydrogen (secondary N) is 1. The van der Waals surface area contributed by atoms with Gasteiger partial charge in [-0.05, 0) is 26.0 Å². The van der Waals surface area contributed by atoms with Gasteiger partial charge in [-0.3, -0.25) is 4.98 Å². The Hall–Kier alpha value is -2.69. The Kier molecular flexibility index (Phi) is 3.39. The molecular formula is C16H16N4O. The third-order valence-corrected chi connectivity index (χ3v) is 3.23. The number of aromatic nitrogens is 3. The second kappa shape index (κ2) is 5.36. The number of hydrogen-bond donors (Lipinski definition) is 1. The van der Waals surface area contributed by atoms with E-state index in [9.17, 15) is 0 Å². The number of nitrogens with zero attached hydrogens (tertiary/aromatic N) is 3. The fourth-order valence-electron chi connectivity index (χ4n) is 2.16. The molecule has 0 spiro atoms. The van der Waals surface area contributed by atoms with Crippen molar-refractivity contribution in [3.05, 3.63) is 47.9 Å². The van der Waals surface area contributed by atoms with Crippen molar-refractivity contribution >= 4 is 16.7 Å². The van der Waals surface area contributed by atoms with Gasteiger partial charge >= 0.3 is 0 Å². The van der Waals surface area contributed by atoms with Gasteiger partial charge in [-0.15, -0.1) is 0 Å². The van der Waals surface area contributed by atoms with Crippen molar-refractivity contribution in [2.75, 3.05) is 12.4 Å². The van der Waals surface area contributed by atoms with Crippen molar-refractivity contribution in [1.29, 1.82) is 0 Å². The van der Waals surface area contributed by atoms with Crippen LogP contribution in [0.15, 0.2) is 36.5 Å². The van der Waals surface area contributed by atoms with Crippen LogP contribution in [0, 0.1) is 13.8 Å². The Labute approximate surface area is 123 Å². The molecule has 2 heterocycles. The molecule has 0 fully saturated rings. The molecule has 0 radical (unpaired) electrons. The summed E-state index contributed by atoms with van der Waals surface area (Å²) in [7, 11) is 1.83. The summed E-state index contributed by atoms with van der Waals surface area (Å²) in [4.78, 5) is 13.1. The smallest absolute Gasteiger partial charge is 0.227 e. The molecule has 1 aromatic carbocycles. The molecular weight excluding hydrogens is 264 g/mol. The highest BCUT2D eigenvalue weighted by molar-refractivity contribution is 5.79. The van der Waals surface area contributed by atoms with Crippen molar-refractivity contribution in [1.82, 2.24) is 15.0 Å². The Balaban J connectivity index is 2.00. The zero-order chi connectivity index (χ0) is 14.8. The van der Waals surface area contributed by atoms with Crippen molar-refractivity contribution in [3.63, 3.8) is 0 Å². The summed E-state index contributed by atoms with van der Waals surface area (Å²) in [5.74, 6) is 2.64. The van der Waals surface area contributed by atoms with Gasteiger partial charge in [0.15, 0.2) is 0 Å². The Bertz CT molecular complexity index is 801. The number of benzene rings is 1. The Morgan fingerprint density at radius 2 is 1.90 bits per heavy atom. The minimum atomic E-state index is 0.545. The topological polar surface area (TPSA) is 59.9 Å². The SMILES string of the molecule is CNc1nc(C)nc(Oc2cnc3ccccc3c2)c1C. The van der Waals surface area contributed by atoms with E-state index in [2.05, 4.69) is 20.3 Å². The fraction of sp³-hybridized carbons (Fsp3) is 0.188. The van der Waals surface area contributed by atoms with Crippen LogP contribution < -0.4 is 10.1 Å². The van der Waals surface area contributed by atoms with E-state index in [1.165, 1.54) is 0 Å². The number of aryl methyl sites for hydroxylation is 1. The average Bonchev–Trinajstić information content (AvgIpc) is 2.50. The van der Waals surface area contributed by atoms with E-state index in [0.29, 0.717) is 17.5 Å². The molecule has 0 saturated carbocycles. The molecule has 5 heteroatoms. The third-order valence-electron chi connectivity index (χ3n) is 3.23. The lowest BCUT2D eigenvalue weighted by Gasteiger charge is -2.11. The molecule has 3 rings (SSSR count). The average molecular weight is 280 g/mol. The minimum Gasteiger partial charge on any atom is -0.437 e. The molecule has 0 aliphatic heterocycles. The molecule has 0 atom stereocenters. The van der Waals surface area contributed by atoms with Gasteiger partial charge in [0.1, 0.15) is 17.4 Å². The molecule has 0 aliphatic carbocycles. The summed E-state index contributed by atoms with van der Waals surface area (Å²) in [5.41, 5.74) is 1.81. The molecule has 0 aliphatic rings. The number of ether oxygens (including phenoxy) is 1. The molecule has 21 heavy (non-hydrogen) atoms. The first-order valence-electron chi connectivity index (χ1n) is 6.73. The largest absolute Gasteiger partial charge is 0.437 e. The molecule has 106 valence electrons. The van der Waals surface area contributed by atoms with Gasteiger partial charge in [0.05, 0.1) is 17.3 Å². The lowest BCUT2D eigenvalue weighted by molar-refractivity contribution is 0.455. The lowest BCUT2D eigenvalue weighted by Crippen LogP contribution is -2.03. The summed E-state index contributed by atoms with van der Waals surface area (Å²) in [5, 5.41) is 4.08. The third kappa shape index (κ3) is 2.63. The first kappa shape index (κ1) is 13.3. The van der Waals surface area contributed by atoms with E-state index in [1.54, 1.807) is 6.20 Å². The number of hydrogen-bond acceptors (Lipinski definition) is 5. The van der Waals surface area contributed by atoms with Crippen molar-refractivity contribution in [3.8, 4) is 11.6 Å². The van der Waals surface area contributed by atoms with Crippen molar-refractivity contribution in [2.45, 2.75) is 13.8 Å². The molecule has 3 aromatic rings. The number of rotatable bonds is 3. The maximum atomic E-state index is 5.89.